The summed E-state index contributed by atoms with van der Waals surface area (Å²) < 4.78 is 4.52. The van der Waals surface area contributed by atoms with Gasteiger partial charge in [-0.1, -0.05) is 31.9 Å². The molecule has 4 nitrogen and oxygen atoms in total. The molecule has 3 rings (SSSR count). The highest BCUT2D eigenvalue weighted by atomic mass is 79.9. The van der Waals surface area contributed by atoms with E-state index in [-0.39, 0.29) is 11.1 Å². The van der Waals surface area contributed by atoms with Crippen LogP contribution in [0, 0.1) is 0 Å². The van der Waals surface area contributed by atoms with Gasteiger partial charge in [0.2, 0.25) is 0 Å². The lowest BCUT2D eigenvalue weighted by Gasteiger charge is -2.15. The fourth-order valence-corrected chi connectivity index (χ4v) is 2.66. The molecule has 110 valence electrons. The van der Waals surface area contributed by atoms with Crippen LogP contribution in [0.4, 0.5) is 0 Å². The van der Waals surface area contributed by atoms with Crippen molar-refractivity contribution in [1.29, 1.82) is 0 Å². The van der Waals surface area contributed by atoms with Crippen molar-refractivity contribution in [3.8, 4) is 11.4 Å². The third-order valence-electron chi connectivity index (χ3n) is 3.13. The first-order valence-electron chi connectivity index (χ1n) is 6.43. The fraction of sp³-hybridized carbons (Fsp3) is 0. The van der Waals surface area contributed by atoms with Crippen LogP contribution in [-0.2, 0) is 0 Å². The van der Waals surface area contributed by atoms with Crippen molar-refractivity contribution in [3.63, 3.8) is 0 Å². The average molecular weight is 422 g/mol. The van der Waals surface area contributed by atoms with E-state index >= 15 is 0 Å². The highest BCUT2D eigenvalue weighted by Crippen LogP contribution is 2.16. The molecule has 0 atom stereocenters. The van der Waals surface area contributed by atoms with Crippen molar-refractivity contribution in [2.24, 2.45) is 0 Å². The molecule has 0 radical (unpaired) electrons. The van der Waals surface area contributed by atoms with E-state index in [0.717, 1.165) is 8.95 Å². The lowest BCUT2D eigenvalue weighted by molar-refractivity contribution is 0.665. The molecule has 0 aliphatic rings. The summed E-state index contributed by atoms with van der Waals surface area (Å²) in [4.78, 5) is 24.6. The molecule has 0 bridgehead atoms. The van der Waals surface area contributed by atoms with Crippen LogP contribution < -0.4 is 11.1 Å². The predicted molar refractivity (Wildman–Crippen MR) is 93.0 cm³/mol. The van der Waals surface area contributed by atoms with Crippen LogP contribution in [0.3, 0.4) is 0 Å². The van der Waals surface area contributed by atoms with Gasteiger partial charge in [0.1, 0.15) is 0 Å². The molecule has 0 spiro atoms. The van der Waals surface area contributed by atoms with E-state index in [1.807, 2.05) is 24.3 Å². The maximum atomic E-state index is 12.3. The normalized spacial score (nSPS) is 10.6. The van der Waals surface area contributed by atoms with E-state index in [2.05, 4.69) is 31.9 Å². The summed E-state index contributed by atoms with van der Waals surface area (Å²) in [5.41, 5.74) is 0.692. The Kier molecular flexibility index (Phi) is 4.13. The average Bonchev–Trinajstić information content (AvgIpc) is 2.51. The molecule has 3 aromatic rings. The summed E-state index contributed by atoms with van der Waals surface area (Å²) >= 11 is 6.72. The first-order chi connectivity index (χ1) is 10.6. The highest BCUT2D eigenvalue weighted by molar-refractivity contribution is 9.10. The van der Waals surface area contributed by atoms with Crippen LogP contribution in [0.1, 0.15) is 0 Å². The molecule has 0 aliphatic heterocycles. The SMILES string of the molecule is O=c1ccc(=O)n(-c2ccc(Br)cc2)n1-c1ccc(Br)cc1. The molecule has 2 aromatic carbocycles. The first-order valence-corrected chi connectivity index (χ1v) is 8.02. The van der Waals surface area contributed by atoms with E-state index in [0.29, 0.717) is 11.4 Å². The minimum absolute atomic E-state index is 0.273. The largest absolute Gasteiger partial charge is 0.270 e. The van der Waals surface area contributed by atoms with Gasteiger partial charge in [0.25, 0.3) is 11.1 Å². The zero-order valence-electron chi connectivity index (χ0n) is 11.2. The smallest absolute Gasteiger partial charge is 0.267 e. The Bertz CT molecular complexity index is 848. The van der Waals surface area contributed by atoms with Gasteiger partial charge in [0, 0.05) is 21.1 Å². The molecule has 0 saturated carbocycles. The zero-order valence-corrected chi connectivity index (χ0v) is 14.4. The number of hydrogen-bond donors (Lipinski definition) is 0. The first kappa shape index (κ1) is 15.0. The second-order valence-electron chi connectivity index (χ2n) is 4.59. The van der Waals surface area contributed by atoms with Crippen LogP contribution >= 0.6 is 31.9 Å². The van der Waals surface area contributed by atoms with Crippen LogP contribution in [-0.4, -0.2) is 9.36 Å². The number of aromatic nitrogens is 2. The second-order valence-corrected chi connectivity index (χ2v) is 6.42. The Hall–Kier alpha value is -1.92. The highest BCUT2D eigenvalue weighted by Gasteiger charge is 2.09. The summed E-state index contributed by atoms with van der Waals surface area (Å²) in [5.74, 6) is 0. The van der Waals surface area contributed by atoms with Crippen molar-refractivity contribution in [2.45, 2.75) is 0 Å². The van der Waals surface area contributed by atoms with Crippen molar-refractivity contribution in [3.05, 3.63) is 90.3 Å². The second kappa shape index (κ2) is 6.06. The van der Waals surface area contributed by atoms with Crippen LogP contribution in [0.5, 0.6) is 0 Å². The van der Waals surface area contributed by atoms with E-state index < -0.39 is 0 Å². The van der Waals surface area contributed by atoms with Crippen molar-refractivity contribution in [2.75, 3.05) is 0 Å². The number of hydrogen-bond acceptors (Lipinski definition) is 2. The Morgan fingerprint density at radius 2 is 0.864 bits per heavy atom. The molecule has 0 unspecified atom stereocenters. The van der Waals surface area contributed by atoms with Crippen molar-refractivity contribution < 1.29 is 0 Å². The maximum Gasteiger partial charge on any atom is 0.270 e. The van der Waals surface area contributed by atoms with E-state index in [4.69, 9.17) is 0 Å². The molecule has 0 saturated heterocycles. The molecule has 6 heteroatoms. The van der Waals surface area contributed by atoms with Gasteiger partial charge < -0.3 is 0 Å². The Balaban J connectivity index is 2.32. The topological polar surface area (TPSA) is 44.0 Å². The molecule has 0 fully saturated rings. The summed E-state index contributed by atoms with van der Waals surface area (Å²) in [6, 6.07) is 17.0. The molecular weight excluding hydrogens is 412 g/mol. The summed E-state index contributed by atoms with van der Waals surface area (Å²) in [5, 5.41) is 0. The van der Waals surface area contributed by atoms with Gasteiger partial charge in [-0.05, 0) is 48.5 Å². The molecule has 0 N–H and O–H groups in total. The van der Waals surface area contributed by atoms with Gasteiger partial charge in [-0.2, -0.15) is 0 Å². The molecule has 0 amide bonds. The summed E-state index contributed by atoms with van der Waals surface area (Å²) in [6.07, 6.45) is 0. The maximum absolute atomic E-state index is 12.3. The monoisotopic (exact) mass is 420 g/mol. The lowest BCUT2D eigenvalue weighted by atomic mass is 10.3. The minimum atomic E-state index is -0.273. The molecule has 0 aliphatic carbocycles. The van der Waals surface area contributed by atoms with E-state index in [1.54, 1.807) is 24.3 Å². The van der Waals surface area contributed by atoms with Gasteiger partial charge in [0.15, 0.2) is 0 Å². The van der Waals surface area contributed by atoms with E-state index in [1.165, 1.54) is 21.5 Å². The number of halogens is 2. The zero-order chi connectivity index (χ0) is 15.7. The van der Waals surface area contributed by atoms with Crippen LogP contribution in [0.25, 0.3) is 11.4 Å². The molecular formula is C16H10Br2N2O2. The third kappa shape index (κ3) is 2.84. The summed E-state index contributed by atoms with van der Waals surface area (Å²) in [6.45, 7) is 0. The Morgan fingerprint density at radius 3 is 1.18 bits per heavy atom. The fourth-order valence-electron chi connectivity index (χ4n) is 2.13. The number of rotatable bonds is 2. The van der Waals surface area contributed by atoms with Gasteiger partial charge in [-0.25, -0.2) is 9.36 Å². The van der Waals surface area contributed by atoms with Gasteiger partial charge >= 0.3 is 0 Å². The third-order valence-corrected chi connectivity index (χ3v) is 4.19. The Labute approximate surface area is 142 Å². The Morgan fingerprint density at radius 1 is 0.545 bits per heavy atom. The molecule has 1 aromatic heterocycles. The van der Waals surface area contributed by atoms with Crippen LogP contribution in [0.2, 0.25) is 0 Å². The lowest BCUT2D eigenvalue weighted by Crippen LogP contribution is -2.35. The number of nitrogens with zero attached hydrogens (tertiary/aromatic N) is 2. The predicted octanol–water partition coefficient (Wildman–Crippen LogP) is 3.51. The van der Waals surface area contributed by atoms with Gasteiger partial charge in [-0.3, -0.25) is 9.59 Å². The quantitative estimate of drug-likeness (QED) is 0.635. The van der Waals surface area contributed by atoms with Crippen LogP contribution in [0.15, 0.2) is 79.2 Å². The molecule has 22 heavy (non-hydrogen) atoms. The van der Waals surface area contributed by atoms with Gasteiger partial charge in [-0.15, -0.1) is 0 Å². The molecule has 1 heterocycles. The van der Waals surface area contributed by atoms with Gasteiger partial charge in [0.05, 0.1) is 11.4 Å². The van der Waals surface area contributed by atoms with Crippen molar-refractivity contribution >= 4 is 31.9 Å². The minimum Gasteiger partial charge on any atom is -0.267 e. The number of benzene rings is 2. The van der Waals surface area contributed by atoms with E-state index in [9.17, 15) is 9.59 Å². The summed E-state index contributed by atoms with van der Waals surface area (Å²) in [7, 11) is 0. The standard InChI is InChI=1S/C16H10Br2N2O2/c17-11-1-5-13(6-2-11)19-15(21)9-10-16(22)20(19)14-7-3-12(18)4-8-14/h1-10H. The van der Waals surface area contributed by atoms with Crippen molar-refractivity contribution in [1.82, 2.24) is 9.36 Å².